The van der Waals surface area contributed by atoms with Gasteiger partial charge < -0.3 is 16.8 Å². The molecule has 5 N–H and O–H groups in total. The van der Waals surface area contributed by atoms with Crippen molar-refractivity contribution < 1.29 is 18.0 Å². The molecule has 0 fully saturated rings. The smallest absolute Gasteiger partial charge is 0.399 e. The Kier molecular flexibility index (Phi) is 5.02. The highest BCUT2D eigenvalue weighted by atomic mass is 19.4. The van der Waals surface area contributed by atoms with Crippen molar-refractivity contribution >= 4 is 17.3 Å². The van der Waals surface area contributed by atoms with Crippen molar-refractivity contribution in [1.82, 2.24) is 0 Å². The Labute approximate surface area is 109 Å². The number of nitrogens with two attached hydrogens (primary N) is 2. The Hall–Kier alpha value is -1.92. The van der Waals surface area contributed by atoms with Crippen LogP contribution in [0.2, 0.25) is 0 Å². The van der Waals surface area contributed by atoms with Crippen molar-refractivity contribution in [3.05, 3.63) is 23.8 Å². The summed E-state index contributed by atoms with van der Waals surface area (Å²) in [5.74, 6) is -0.413. The van der Waals surface area contributed by atoms with E-state index in [9.17, 15) is 18.0 Å². The molecular weight excluding hydrogens is 259 g/mol. The summed E-state index contributed by atoms with van der Waals surface area (Å²) in [6, 6.07) is 3.60. The Morgan fingerprint density at radius 1 is 1.26 bits per heavy atom. The number of benzene rings is 1. The molecule has 1 amide bonds. The number of amides is 1. The van der Waals surface area contributed by atoms with Crippen molar-refractivity contribution in [2.45, 2.75) is 25.4 Å². The maximum Gasteiger partial charge on any atom is 0.418 e. The number of unbranched alkanes of at least 4 members (excludes halogenated alkanes) is 1. The number of carbonyl (C=O) groups is 1. The quantitative estimate of drug-likeness (QED) is 0.550. The summed E-state index contributed by atoms with van der Waals surface area (Å²) in [7, 11) is 0. The van der Waals surface area contributed by atoms with Crippen molar-refractivity contribution in [3.8, 4) is 0 Å². The lowest BCUT2D eigenvalue weighted by Crippen LogP contribution is -2.13. The molecule has 1 rings (SSSR count). The highest BCUT2D eigenvalue weighted by Crippen LogP contribution is 2.35. The number of nitrogens with one attached hydrogen (secondary N) is 1. The first-order chi connectivity index (χ1) is 8.80. The molecular formula is C12H16F3N3O. The Bertz CT molecular complexity index is 446. The summed E-state index contributed by atoms with van der Waals surface area (Å²) in [5.41, 5.74) is 9.58. The summed E-state index contributed by atoms with van der Waals surface area (Å²) in [5, 5.41) is 2.69. The van der Waals surface area contributed by atoms with E-state index in [-0.39, 0.29) is 17.8 Å². The van der Waals surface area contributed by atoms with Crippen LogP contribution in [0.5, 0.6) is 0 Å². The van der Waals surface area contributed by atoms with Crippen molar-refractivity contribution in [3.63, 3.8) is 0 Å². The first kappa shape index (κ1) is 15.1. The van der Waals surface area contributed by atoms with Gasteiger partial charge in [-0.05, 0) is 31.0 Å². The average molecular weight is 275 g/mol. The Morgan fingerprint density at radius 3 is 2.53 bits per heavy atom. The second-order valence-corrected chi connectivity index (χ2v) is 4.15. The second-order valence-electron chi connectivity index (χ2n) is 4.15. The fourth-order valence-corrected chi connectivity index (χ4v) is 1.60. The molecule has 19 heavy (non-hydrogen) atoms. The molecule has 0 saturated heterocycles. The van der Waals surface area contributed by atoms with Gasteiger partial charge in [0.1, 0.15) is 0 Å². The van der Waals surface area contributed by atoms with E-state index in [4.69, 9.17) is 11.5 Å². The fourth-order valence-electron chi connectivity index (χ4n) is 1.60. The zero-order chi connectivity index (χ0) is 14.5. The van der Waals surface area contributed by atoms with Crippen molar-refractivity contribution in [2.24, 2.45) is 5.73 Å². The first-order valence-corrected chi connectivity index (χ1v) is 5.79. The molecule has 0 unspecified atom stereocenters. The van der Waals surface area contributed by atoms with Crippen LogP contribution in [0.15, 0.2) is 18.2 Å². The van der Waals surface area contributed by atoms with Gasteiger partial charge in [0.05, 0.1) is 5.56 Å². The van der Waals surface area contributed by atoms with Gasteiger partial charge in [-0.3, -0.25) is 4.79 Å². The highest BCUT2D eigenvalue weighted by molar-refractivity contribution is 5.73. The lowest BCUT2D eigenvalue weighted by Gasteiger charge is -2.15. The summed E-state index contributed by atoms with van der Waals surface area (Å²) < 4.78 is 38.3. The molecule has 0 radical (unpaired) electrons. The Morgan fingerprint density at radius 2 is 1.95 bits per heavy atom. The molecule has 0 heterocycles. The van der Waals surface area contributed by atoms with Gasteiger partial charge in [-0.2, -0.15) is 13.2 Å². The largest absolute Gasteiger partial charge is 0.418 e. The third kappa shape index (κ3) is 5.07. The molecule has 0 bridgehead atoms. The molecule has 0 spiro atoms. The zero-order valence-electron chi connectivity index (χ0n) is 10.3. The van der Waals surface area contributed by atoms with Crippen LogP contribution >= 0.6 is 0 Å². The molecule has 106 valence electrons. The van der Waals surface area contributed by atoms with Gasteiger partial charge in [0.15, 0.2) is 0 Å². The van der Waals surface area contributed by atoms with Crippen LogP contribution in [0.4, 0.5) is 24.5 Å². The van der Waals surface area contributed by atoms with Gasteiger partial charge in [0.2, 0.25) is 5.91 Å². The predicted octanol–water partition coefficient (Wildman–Crippen LogP) is 2.36. The van der Waals surface area contributed by atoms with E-state index in [0.29, 0.717) is 19.4 Å². The van der Waals surface area contributed by atoms with E-state index in [1.165, 1.54) is 12.1 Å². The average Bonchev–Trinajstić information content (AvgIpc) is 2.28. The third-order valence-electron chi connectivity index (χ3n) is 2.51. The van der Waals surface area contributed by atoms with Gasteiger partial charge in [-0.1, -0.05) is 0 Å². The van der Waals surface area contributed by atoms with E-state index >= 15 is 0 Å². The minimum Gasteiger partial charge on any atom is -0.399 e. The number of nitrogen functional groups attached to an aromatic ring is 1. The molecule has 7 heteroatoms. The lowest BCUT2D eigenvalue weighted by atomic mass is 10.1. The van der Waals surface area contributed by atoms with Crippen LogP contribution in [0.25, 0.3) is 0 Å². The Balaban J connectivity index is 2.61. The molecule has 0 aromatic heterocycles. The summed E-state index contributed by atoms with van der Waals surface area (Å²) in [6.07, 6.45) is -3.12. The van der Waals surface area contributed by atoms with Crippen LogP contribution in [-0.2, 0) is 11.0 Å². The van der Waals surface area contributed by atoms with E-state index in [2.05, 4.69) is 5.32 Å². The van der Waals surface area contributed by atoms with Gasteiger partial charge in [0.25, 0.3) is 0 Å². The fraction of sp³-hybridized carbons (Fsp3) is 0.417. The van der Waals surface area contributed by atoms with Crippen LogP contribution in [0.1, 0.15) is 24.8 Å². The minimum atomic E-state index is -4.45. The number of hydrogen-bond acceptors (Lipinski definition) is 3. The lowest BCUT2D eigenvalue weighted by molar-refractivity contribution is -0.136. The topological polar surface area (TPSA) is 81.1 Å². The number of hydrogen-bond donors (Lipinski definition) is 3. The van der Waals surface area contributed by atoms with E-state index in [0.717, 1.165) is 6.07 Å². The number of primary amides is 1. The van der Waals surface area contributed by atoms with Crippen LogP contribution < -0.4 is 16.8 Å². The SMILES string of the molecule is NC(=O)CCCCNc1ccc(N)cc1C(F)(F)F. The van der Waals surface area contributed by atoms with Crippen LogP contribution in [0.3, 0.4) is 0 Å². The number of anilines is 2. The van der Waals surface area contributed by atoms with Crippen LogP contribution in [0, 0.1) is 0 Å². The standard InChI is InChI=1S/C12H16F3N3O/c13-12(14,15)9-7-8(16)4-5-10(9)18-6-2-1-3-11(17)19/h4-5,7,18H,1-3,6,16H2,(H2,17,19). The van der Waals surface area contributed by atoms with Crippen molar-refractivity contribution in [2.75, 3.05) is 17.6 Å². The number of halogens is 3. The minimum absolute atomic E-state index is 0.0132. The van der Waals surface area contributed by atoms with E-state index in [1.807, 2.05) is 0 Å². The van der Waals surface area contributed by atoms with Crippen molar-refractivity contribution in [1.29, 1.82) is 0 Å². The molecule has 4 nitrogen and oxygen atoms in total. The van der Waals surface area contributed by atoms with Gasteiger partial charge in [-0.15, -0.1) is 0 Å². The first-order valence-electron chi connectivity index (χ1n) is 5.79. The molecule has 0 saturated carbocycles. The molecule has 1 aromatic carbocycles. The monoisotopic (exact) mass is 275 g/mol. The van der Waals surface area contributed by atoms with Crippen LogP contribution in [-0.4, -0.2) is 12.5 Å². The maximum absolute atomic E-state index is 12.8. The summed E-state index contributed by atoms with van der Waals surface area (Å²) >= 11 is 0. The van der Waals surface area contributed by atoms with Gasteiger partial charge >= 0.3 is 6.18 Å². The zero-order valence-corrected chi connectivity index (χ0v) is 10.3. The predicted molar refractivity (Wildman–Crippen MR) is 67.4 cm³/mol. The maximum atomic E-state index is 12.8. The molecule has 0 aliphatic rings. The van der Waals surface area contributed by atoms with Gasteiger partial charge in [-0.25, -0.2) is 0 Å². The molecule has 1 aromatic rings. The molecule has 0 aliphatic carbocycles. The highest BCUT2D eigenvalue weighted by Gasteiger charge is 2.33. The second kappa shape index (κ2) is 6.31. The van der Waals surface area contributed by atoms with E-state index < -0.39 is 17.6 Å². The molecule has 0 aliphatic heterocycles. The molecule has 0 atom stereocenters. The summed E-state index contributed by atoms with van der Waals surface area (Å²) in [6.45, 7) is 0.334. The number of alkyl halides is 3. The number of carbonyl (C=O) groups excluding carboxylic acids is 1. The van der Waals surface area contributed by atoms with E-state index in [1.54, 1.807) is 0 Å². The summed E-state index contributed by atoms with van der Waals surface area (Å²) in [4.78, 5) is 10.5. The third-order valence-corrected chi connectivity index (χ3v) is 2.51. The van der Waals surface area contributed by atoms with Gasteiger partial charge in [0, 0.05) is 24.3 Å². The number of rotatable bonds is 6. The normalized spacial score (nSPS) is 11.3.